The molecule has 0 radical (unpaired) electrons. The Morgan fingerprint density at radius 3 is 1.91 bits per heavy atom. The van der Waals surface area contributed by atoms with Crippen molar-refractivity contribution in [1.82, 2.24) is 4.68 Å². The Morgan fingerprint density at radius 2 is 1.41 bits per heavy atom. The van der Waals surface area contributed by atoms with Crippen LogP contribution in [0.4, 0.5) is 11.4 Å². The van der Waals surface area contributed by atoms with Gasteiger partial charge in [-0.2, -0.15) is 0 Å². The van der Waals surface area contributed by atoms with Crippen LogP contribution in [0.5, 0.6) is 0 Å². The zero-order valence-electron chi connectivity index (χ0n) is 19.3. The summed E-state index contributed by atoms with van der Waals surface area (Å²) >= 11 is 0. The molecule has 0 fully saturated rings. The average Bonchev–Trinajstić information content (AvgIpc) is 3.16. The number of imidazole rings is 1. The Kier molecular flexibility index (Phi) is 9.43. The Balaban J connectivity index is 0.00000363. The summed E-state index contributed by atoms with van der Waals surface area (Å²) in [6, 6.07) is 16.5. The summed E-state index contributed by atoms with van der Waals surface area (Å²) in [5.74, 6) is 0.837. The molecule has 1 heterocycles. The van der Waals surface area contributed by atoms with Gasteiger partial charge in [0, 0.05) is 46.2 Å². The monoisotopic (exact) mass is 454 g/mol. The Bertz CT molecular complexity index is 945. The molecule has 0 aliphatic rings. The van der Waals surface area contributed by atoms with Crippen LogP contribution in [-0.2, 0) is 11.3 Å². The van der Waals surface area contributed by atoms with Gasteiger partial charge in [-0.3, -0.25) is 0 Å². The van der Waals surface area contributed by atoms with Gasteiger partial charge in [-0.1, -0.05) is 34.5 Å². The molecule has 0 aliphatic carbocycles. The first-order chi connectivity index (χ1) is 15.0. The molecule has 3 rings (SSSR count). The highest BCUT2D eigenvalue weighted by Gasteiger charge is 2.17. The van der Waals surface area contributed by atoms with Crippen LogP contribution >= 0.6 is 0 Å². The van der Waals surface area contributed by atoms with Gasteiger partial charge in [0.05, 0.1) is 12.4 Å². The molecule has 2 aromatic carbocycles. The van der Waals surface area contributed by atoms with E-state index in [0.29, 0.717) is 13.2 Å². The van der Waals surface area contributed by atoms with Gasteiger partial charge in [0.25, 0.3) is 0 Å². The van der Waals surface area contributed by atoms with Crippen molar-refractivity contribution in [3.63, 3.8) is 0 Å². The van der Waals surface area contributed by atoms with E-state index in [9.17, 15) is 0 Å². The molecule has 0 aliphatic heterocycles. The molecule has 0 saturated carbocycles. The highest BCUT2D eigenvalue weighted by atomic mass is 35.5. The number of aromatic nitrogens is 2. The quantitative estimate of drug-likeness (QED) is 0.343. The molecule has 0 saturated heterocycles. The first kappa shape index (κ1) is 25.1. The summed E-state index contributed by atoms with van der Waals surface area (Å²) in [6.45, 7) is 3.01. The predicted octanol–water partition coefficient (Wildman–Crippen LogP) is 0.213. The summed E-state index contributed by atoms with van der Waals surface area (Å²) in [6.07, 6.45) is 7.43. The van der Waals surface area contributed by atoms with Gasteiger partial charge in [0.2, 0.25) is 0 Å². The van der Waals surface area contributed by atoms with E-state index < -0.39 is 0 Å². The van der Waals surface area contributed by atoms with Crippen molar-refractivity contribution in [3.05, 3.63) is 77.9 Å². The van der Waals surface area contributed by atoms with Gasteiger partial charge in [-0.25, -0.2) is 0 Å². The third kappa shape index (κ3) is 6.67. The second-order valence-corrected chi connectivity index (χ2v) is 7.50. The first-order valence-corrected chi connectivity index (χ1v) is 10.3. The number of rotatable bonds is 9. The van der Waals surface area contributed by atoms with Gasteiger partial charge in [-0.05, 0) is 42.3 Å². The smallest absolute Gasteiger partial charge is 0.333 e. The summed E-state index contributed by atoms with van der Waals surface area (Å²) in [7, 11) is 8.11. The molecular formula is C24H31ClN6O. The minimum atomic E-state index is 0. The molecule has 170 valence electrons. The molecule has 32 heavy (non-hydrogen) atoms. The van der Waals surface area contributed by atoms with Crippen LogP contribution in [0.3, 0.4) is 0 Å². The maximum atomic E-state index is 5.65. The van der Waals surface area contributed by atoms with Crippen LogP contribution in [0.1, 0.15) is 23.9 Å². The molecule has 3 aromatic rings. The van der Waals surface area contributed by atoms with Crippen LogP contribution < -0.4 is 26.9 Å². The van der Waals surface area contributed by atoms with E-state index in [1.807, 2.05) is 84.2 Å². The molecule has 1 aromatic heterocycles. The van der Waals surface area contributed by atoms with E-state index in [2.05, 4.69) is 44.3 Å². The summed E-state index contributed by atoms with van der Waals surface area (Å²) in [5.41, 5.74) is 4.36. The van der Waals surface area contributed by atoms with Crippen molar-refractivity contribution >= 4 is 23.8 Å². The summed E-state index contributed by atoms with van der Waals surface area (Å²) in [5, 5.41) is 9.22. The number of hydrogen-bond donors (Lipinski definition) is 0. The van der Waals surface area contributed by atoms with Crippen molar-refractivity contribution < 1.29 is 21.8 Å². The fourth-order valence-corrected chi connectivity index (χ4v) is 2.91. The van der Waals surface area contributed by atoms with E-state index >= 15 is 0 Å². The van der Waals surface area contributed by atoms with E-state index in [4.69, 9.17) is 4.74 Å². The van der Waals surface area contributed by atoms with E-state index in [-0.39, 0.29) is 12.4 Å². The molecule has 0 bridgehead atoms. The lowest BCUT2D eigenvalue weighted by atomic mass is 10.2. The summed E-state index contributed by atoms with van der Waals surface area (Å²) < 4.78 is 9.23. The number of benzene rings is 2. The minimum Gasteiger partial charge on any atom is -1.00 e. The Morgan fingerprint density at radius 1 is 0.875 bits per heavy atom. The normalized spacial score (nSPS) is 11.2. The Hall–Kier alpha value is -3.16. The van der Waals surface area contributed by atoms with Gasteiger partial charge in [0.15, 0.2) is 19.0 Å². The lowest BCUT2D eigenvalue weighted by molar-refractivity contribution is -0.687. The molecule has 0 spiro atoms. The third-order valence-electron chi connectivity index (χ3n) is 4.79. The molecule has 0 amide bonds. The third-order valence-corrected chi connectivity index (χ3v) is 4.79. The zero-order chi connectivity index (χ0) is 22.2. The molecule has 0 unspecified atom stereocenters. The zero-order valence-corrected chi connectivity index (χ0v) is 20.1. The van der Waals surface area contributed by atoms with Gasteiger partial charge in [0.1, 0.15) is 0 Å². The van der Waals surface area contributed by atoms with Crippen molar-refractivity contribution in [2.24, 2.45) is 10.2 Å². The Labute approximate surface area is 196 Å². The fraction of sp³-hybridized carbons (Fsp3) is 0.292. The maximum absolute atomic E-state index is 5.65. The second kappa shape index (κ2) is 12.0. The predicted molar refractivity (Wildman–Crippen MR) is 127 cm³/mol. The second-order valence-electron chi connectivity index (χ2n) is 7.50. The number of nitrogens with zero attached hydrogens (tertiary/aromatic N) is 6. The van der Waals surface area contributed by atoms with Crippen molar-refractivity contribution in [2.75, 3.05) is 44.6 Å². The number of hydrogen-bond acceptors (Lipinski definition) is 5. The first-order valence-electron chi connectivity index (χ1n) is 10.3. The average molecular weight is 455 g/mol. The number of halogens is 1. The van der Waals surface area contributed by atoms with Gasteiger partial charge < -0.3 is 26.9 Å². The topological polar surface area (TPSA) is 49.2 Å². The van der Waals surface area contributed by atoms with E-state index in [1.165, 1.54) is 0 Å². The lowest BCUT2D eigenvalue weighted by Gasteiger charge is -2.11. The van der Waals surface area contributed by atoms with Crippen LogP contribution in [0, 0.1) is 0 Å². The lowest BCUT2D eigenvalue weighted by Crippen LogP contribution is -3.00. The standard InChI is InChI=1S/C24H31N6O.ClH/c1-6-31-19-24-29(25-17-20-7-11-22(12-8-20)27(2)3)15-16-30(24)26-18-21-9-13-23(14-10-21)28(4)5;/h7-18H,6,19H2,1-5H3;1H/q+1;/p-1. The molecule has 0 N–H and O–H groups in total. The van der Waals surface area contributed by atoms with Gasteiger partial charge >= 0.3 is 5.82 Å². The largest absolute Gasteiger partial charge is 1.00 e. The van der Waals surface area contributed by atoms with Crippen LogP contribution in [0.25, 0.3) is 0 Å². The van der Waals surface area contributed by atoms with E-state index in [0.717, 1.165) is 28.3 Å². The van der Waals surface area contributed by atoms with Crippen molar-refractivity contribution in [2.45, 2.75) is 13.5 Å². The van der Waals surface area contributed by atoms with Crippen LogP contribution in [-0.4, -0.2) is 51.9 Å². The van der Waals surface area contributed by atoms with Crippen molar-refractivity contribution in [1.29, 1.82) is 0 Å². The van der Waals surface area contributed by atoms with Gasteiger partial charge in [-0.15, -0.1) is 9.35 Å². The fourth-order valence-electron chi connectivity index (χ4n) is 2.91. The summed E-state index contributed by atoms with van der Waals surface area (Å²) in [4.78, 5) is 4.14. The number of anilines is 2. The molecular weight excluding hydrogens is 424 g/mol. The highest BCUT2D eigenvalue weighted by molar-refractivity contribution is 5.80. The van der Waals surface area contributed by atoms with E-state index in [1.54, 1.807) is 9.35 Å². The maximum Gasteiger partial charge on any atom is 0.333 e. The molecule has 7 nitrogen and oxygen atoms in total. The molecule has 0 atom stereocenters. The highest BCUT2D eigenvalue weighted by Crippen LogP contribution is 2.12. The SMILES string of the molecule is CCOCc1n(N=Cc2ccc(N(C)C)cc2)cc[n+]1N=Cc1ccc(N(C)C)cc1.[Cl-]. The van der Waals surface area contributed by atoms with Crippen LogP contribution in [0.15, 0.2) is 71.1 Å². The van der Waals surface area contributed by atoms with Crippen LogP contribution in [0.2, 0.25) is 0 Å². The number of ether oxygens (including phenoxy) is 1. The minimum absolute atomic E-state index is 0. The van der Waals surface area contributed by atoms with Crippen molar-refractivity contribution in [3.8, 4) is 0 Å². The molecule has 8 heteroatoms.